The monoisotopic (exact) mass is 460 g/mol. The molecule has 8 heteroatoms. The Hall–Kier alpha value is -2.80. The molecular formula is C24H29ClN2O5. The van der Waals surface area contributed by atoms with Crippen LogP contribution in [0.1, 0.15) is 53.6 Å². The van der Waals surface area contributed by atoms with E-state index in [1.54, 1.807) is 24.0 Å². The molecule has 0 atom stereocenters. The van der Waals surface area contributed by atoms with Crippen LogP contribution in [0, 0.1) is 6.92 Å². The second-order valence-electron chi connectivity index (χ2n) is 7.90. The first-order chi connectivity index (χ1) is 15.5. The van der Waals surface area contributed by atoms with Crippen molar-refractivity contribution in [2.24, 2.45) is 5.16 Å². The minimum atomic E-state index is -0.521. The van der Waals surface area contributed by atoms with Crippen LogP contribution in [-0.2, 0) is 20.8 Å². The number of phenols is 1. The second kappa shape index (κ2) is 11.7. The number of piperidine rings is 1. The third-order valence-electron chi connectivity index (χ3n) is 5.47. The number of oxime groups is 1. The topological polar surface area (TPSA) is 88.4 Å². The van der Waals surface area contributed by atoms with Crippen LogP contribution < -0.4 is 0 Å². The molecule has 0 radical (unpaired) electrons. The summed E-state index contributed by atoms with van der Waals surface area (Å²) < 4.78 is 5.37. The molecule has 2 aliphatic heterocycles. The van der Waals surface area contributed by atoms with Gasteiger partial charge in [0.2, 0.25) is 0 Å². The average Bonchev–Trinajstić information content (AvgIpc) is 2.80. The van der Waals surface area contributed by atoms with Crippen molar-refractivity contribution in [1.82, 2.24) is 4.90 Å². The van der Waals surface area contributed by atoms with E-state index in [1.165, 1.54) is 6.07 Å². The maximum Gasteiger partial charge on any atom is 0.339 e. The van der Waals surface area contributed by atoms with Gasteiger partial charge < -0.3 is 19.6 Å². The highest BCUT2D eigenvalue weighted by atomic mass is 35.5. The lowest BCUT2D eigenvalue weighted by Crippen LogP contribution is -2.37. The van der Waals surface area contributed by atoms with Gasteiger partial charge in [0.25, 0.3) is 5.91 Å². The zero-order valence-electron chi connectivity index (χ0n) is 18.3. The summed E-state index contributed by atoms with van der Waals surface area (Å²) >= 11 is 6.37. The summed E-state index contributed by atoms with van der Waals surface area (Å²) in [6.07, 6.45) is 12.3. The van der Waals surface area contributed by atoms with E-state index in [4.69, 9.17) is 21.2 Å². The Labute approximate surface area is 193 Å². The standard InChI is InChI=1S/C24H29ClN2O5/c1-17-14-20(28)23(25)19-15-18(26-32-16-21(29)27-11-7-5-8-12-27)10-6-3-2-4-9-13-31-24(30)22(17)19/h4,6,9-10,14,28H,2-3,5,7-8,11-13,15-16H2,1H3/b9-4+,10-6+,26-18+. The van der Waals surface area contributed by atoms with Gasteiger partial charge in [0.05, 0.1) is 16.3 Å². The molecule has 0 aliphatic carbocycles. The Morgan fingerprint density at radius 1 is 1.22 bits per heavy atom. The number of hydrogen-bond acceptors (Lipinski definition) is 6. The van der Waals surface area contributed by atoms with Crippen LogP contribution in [0.4, 0.5) is 0 Å². The number of aromatic hydroxyl groups is 1. The van der Waals surface area contributed by atoms with Crippen LogP contribution in [-0.4, -0.2) is 53.9 Å². The number of aryl methyl sites for hydroxylation is 1. The minimum Gasteiger partial charge on any atom is -0.506 e. The lowest BCUT2D eigenvalue weighted by atomic mass is 9.96. The van der Waals surface area contributed by atoms with Gasteiger partial charge in [0.15, 0.2) is 6.61 Å². The van der Waals surface area contributed by atoms with Gasteiger partial charge in [-0.2, -0.15) is 0 Å². The van der Waals surface area contributed by atoms with Gasteiger partial charge in [-0.15, -0.1) is 0 Å². The maximum absolute atomic E-state index is 12.7. The summed E-state index contributed by atoms with van der Waals surface area (Å²) in [4.78, 5) is 32.3. The number of nitrogens with zero attached hydrogens (tertiary/aromatic N) is 2. The zero-order chi connectivity index (χ0) is 22.9. The molecule has 7 nitrogen and oxygen atoms in total. The summed E-state index contributed by atoms with van der Waals surface area (Å²) in [5.74, 6) is -0.736. The van der Waals surface area contributed by atoms with Crippen LogP contribution in [0.3, 0.4) is 0 Å². The Kier molecular flexibility index (Phi) is 8.73. The first kappa shape index (κ1) is 23.9. The van der Waals surface area contributed by atoms with E-state index < -0.39 is 5.97 Å². The number of cyclic esters (lactones) is 1. The van der Waals surface area contributed by atoms with E-state index in [0.717, 1.165) is 45.2 Å². The number of benzene rings is 1. The van der Waals surface area contributed by atoms with E-state index >= 15 is 0 Å². The van der Waals surface area contributed by atoms with Gasteiger partial charge in [-0.3, -0.25) is 4.79 Å². The molecule has 172 valence electrons. The number of phenolic OH excluding ortho intramolecular Hbond substituents is 1. The first-order valence-electron chi connectivity index (χ1n) is 10.9. The van der Waals surface area contributed by atoms with Crippen molar-refractivity contribution in [3.63, 3.8) is 0 Å². The van der Waals surface area contributed by atoms with Crippen molar-refractivity contribution in [3.05, 3.63) is 52.1 Å². The number of carbonyl (C=O) groups excluding carboxylic acids is 2. The number of allylic oxidation sites excluding steroid dienone is 3. The molecule has 0 saturated carbocycles. The fourth-order valence-electron chi connectivity index (χ4n) is 3.79. The number of amides is 1. The van der Waals surface area contributed by atoms with Gasteiger partial charge >= 0.3 is 5.97 Å². The summed E-state index contributed by atoms with van der Waals surface area (Å²) in [5.41, 5.74) is 1.74. The predicted octanol–water partition coefficient (Wildman–Crippen LogP) is 4.34. The lowest BCUT2D eigenvalue weighted by Gasteiger charge is -2.26. The van der Waals surface area contributed by atoms with E-state index in [0.29, 0.717) is 22.4 Å². The van der Waals surface area contributed by atoms with Crippen molar-refractivity contribution in [1.29, 1.82) is 0 Å². The Bertz CT molecular complexity index is 933. The van der Waals surface area contributed by atoms with Crippen molar-refractivity contribution >= 4 is 29.2 Å². The molecule has 0 spiro atoms. The molecule has 0 bridgehead atoms. The van der Waals surface area contributed by atoms with Gasteiger partial charge in [-0.25, -0.2) is 4.79 Å². The van der Waals surface area contributed by atoms with E-state index in [-0.39, 0.29) is 36.3 Å². The zero-order valence-corrected chi connectivity index (χ0v) is 19.1. The number of hydrogen-bond donors (Lipinski definition) is 1. The summed E-state index contributed by atoms with van der Waals surface area (Å²) in [5, 5.41) is 14.5. The molecule has 32 heavy (non-hydrogen) atoms. The molecular weight excluding hydrogens is 432 g/mol. The third-order valence-corrected chi connectivity index (χ3v) is 5.89. The Balaban J connectivity index is 1.85. The van der Waals surface area contributed by atoms with Crippen LogP contribution in [0.15, 0.2) is 35.5 Å². The summed E-state index contributed by atoms with van der Waals surface area (Å²) in [7, 11) is 0. The SMILES string of the molecule is Cc1cc(O)c(Cl)c2c1C(=O)OC/C=C/CC/C=C/C(=N\OCC(=O)N1CCCCC1)C2. The molecule has 0 aromatic heterocycles. The van der Waals surface area contributed by atoms with Gasteiger partial charge in [0, 0.05) is 19.5 Å². The Morgan fingerprint density at radius 2 is 1.97 bits per heavy atom. The highest BCUT2D eigenvalue weighted by molar-refractivity contribution is 6.33. The number of rotatable bonds is 3. The number of esters is 1. The van der Waals surface area contributed by atoms with Crippen molar-refractivity contribution in [2.45, 2.75) is 45.4 Å². The highest BCUT2D eigenvalue weighted by Crippen LogP contribution is 2.33. The number of ether oxygens (including phenoxy) is 1. The third kappa shape index (κ3) is 6.36. The molecule has 1 N–H and O–H groups in total. The van der Waals surface area contributed by atoms with Crippen LogP contribution in [0.2, 0.25) is 5.02 Å². The van der Waals surface area contributed by atoms with Gasteiger partial charge in [0.1, 0.15) is 12.4 Å². The summed E-state index contributed by atoms with van der Waals surface area (Å²) in [6, 6.07) is 1.44. The van der Waals surface area contributed by atoms with Crippen LogP contribution in [0.25, 0.3) is 0 Å². The average molecular weight is 461 g/mol. The van der Waals surface area contributed by atoms with Gasteiger partial charge in [-0.05, 0) is 62.3 Å². The van der Waals surface area contributed by atoms with Crippen molar-refractivity contribution in [3.8, 4) is 5.75 Å². The van der Waals surface area contributed by atoms with E-state index in [1.807, 2.05) is 12.2 Å². The number of halogens is 1. The van der Waals surface area contributed by atoms with Gasteiger partial charge in [-0.1, -0.05) is 35.0 Å². The molecule has 1 saturated heterocycles. The normalized spacial score (nSPS) is 20.9. The van der Waals surface area contributed by atoms with Crippen LogP contribution in [0.5, 0.6) is 5.75 Å². The van der Waals surface area contributed by atoms with Crippen molar-refractivity contribution in [2.75, 3.05) is 26.3 Å². The molecule has 1 amide bonds. The predicted molar refractivity (Wildman–Crippen MR) is 123 cm³/mol. The molecule has 1 aromatic rings. The molecule has 2 aliphatic rings. The fraction of sp³-hybridized carbons (Fsp3) is 0.458. The lowest BCUT2D eigenvalue weighted by molar-refractivity contribution is -0.137. The van der Waals surface area contributed by atoms with Crippen LogP contribution >= 0.6 is 11.6 Å². The molecule has 2 heterocycles. The Morgan fingerprint density at radius 3 is 2.75 bits per heavy atom. The number of fused-ring (bicyclic) bond motifs is 1. The largest absolute Gasteiger partial charge is 0.506 e. The number of likely N-dealkylation sites (tertiary alicyclic amines) is 1. The van der Waals surface area contributed by atoms with Crippen molar-refractivity contribution < 1.29 is 24.3 Å². The maximum atomic E-state index is 12.7. The second-order valence-corrected chi connectivity index (χ2v) is 8.28. The fourth-order valence-corrected chi connectivity index (χ4v) is 4.01. The molecule has 1 aromatic carbocycles. The molecule has 3 rings (SSSR count). The van der Waals surface area contributed by atoms with E-state index in [9.17, 15) is 14.7 Å². The van der Waals surface area contributed by atoms with E-state index in [2.05, 4.69) is 5.16 Å². The molecule has 1 fully saturated rings. The molecule has 0 unspecified atom stereocenters. The first-order valence-corrected chi connectivity index (χ1v) is 11.3. The highest BCUT2D eigenvalue weighted by Gasteiger charge is 2.23. The smallest absolute Gasteiger partial charge is 0.339 e. The number of carbonyl (C=O) groups is 2. The quantitative estimate of drug-likeness (QED) is 0.411. The minimum absolute atomic E-state index is 0.0680. The summed E-state index contributed by atoms with van der Waals surface area (Å²) in [6.45, 7) is 3.21.